The second-order valence-corrected chi connectivity index (χ2v) is 9.04. The van der Waals surface area contributed by atoms with Crippen molar-refractivity contribution in [2.24, 2.45) is 5.41 Å². The van der Waals surface area contributed by atoms with Gasteiger partial charge in [0.05, 0.1) is 15.5 Å². The van der Waals surface area contributed by atoms with E-state index < -0.39 is 15.4 Å². The molecule has 0 bridgehead atoms. The van der Waals surface area contributed by atoms with Crippen LogP contribution >= 0.6 is 11.6 Å². The summed E-state index contributed by atoms with van der Waals surface area (Å²) in [5.41, 5.74) is -0.252. The van der Waals surface area contributed by atoms with Crippen LogP contribution in [0.2, 0.25) is 5.02 Å². The molecule has 2 rings (SSSR count). The summed E-state index contributed by atoms with van der Waals surface area (Å²) in [6.45, 7) is 6.73. The molecule has 130 valence electrons. The summed E-state index contributed by atoms with van der Waals surface area (Å²) >= 11 is 5.93. The van der Waals surface area contributed by atoms with Gasteiger partial charge in [-0.15, -0.1) is 0 Å². The number of sulfonamides is 1. The number of hydrogen-bond acceptors (Lipinski definition) is 4. The highest BCUT2D eigenvalue weighted by Gasteiger charge is 2.33. The number of nitrogens with zero attached hydrogens (tertiary/aromatic N) is 3. The predicted molar refractivity (Wildman–Crippen MR) is 91.0 cm³/mol. The van der Waals surface area contributed by atoms with E-state index in [1.807, 2.05) is 26.8 Å². The standard InChI is InChI=1S/C16H20ClN3O3S/c1-16(2,3)15(21)19-6-8-20(9-7-19)24(22,23)13-5-4-12(11-18)14(17)10-13/h4-5,10H,6-9H2,1-3H3. The Balaban J connectivity index is 2.15. The molecule has 0 N–H and O–H groups in total. The van der Waals surface area contributed by atoms with E-state index in [2.05, 4.69) is 0 Å². The number of carbonyl (C=O) groups is 1. The normalized spacial score (nSPS) is 16.7. The van der Waals surface area contributed by atoms with Crippen LogP contribution in [0.4, 0.5) is 0 Å². The molecule has 0 aliphatic carbocycles. The maximum Gasteiger partial charge on any atom is 0.243 e. The number of piperazine rings is 1. The van der Waals surface area contributed by atoms with Gasteiger partial charge in [0, 0.05) is 31.6 Å². The van der Waals surface area contributed by atoms with Crippen molar-refractivity contribution in [3.05, 3.63) is 28.8 Å². The number of benzene rings is 1. The van der Waals surface area contributed by atoms with Crippen molar-refractivity contribution in [3.63, 3.8) is 0 Å². The zero-order valence-electron chi connectivity index (χ0n) is 13.9. The van der Waals surface area contributed by atoms with Crippen molar-refractivity contribution >= 4 is 27.5 Å². The molecule has 6 nitrogen and oxygen atoms in total. The van der Waals surface area contributed by atoms with E-state index in [4.69, 9.17) is 16.9 Å². The van der Waals surface area contributed by atoms with Gasteiger partial charge in [-0.25, -0.2) is 8.42 Å². The monoisotopic (exact) mass is 369 g/mol. The third-order valence-electron chi connectivity index (χ3n) is 3.87. The largest absolute Gasteiger partial charge is 0.340 e. The molecule has 0 atom stereocenters. The molecule has 0 spiro atoms. The predicted octanol–water partition coefficient (Wildman–Crippen LogP) is 2.09. The quantitative estimate of drug-likeness (QED) is 0.799. The number of rotatable bonds is 2. The van der Waals surface area contributed by atoms with Gasteiger partial charge in [-0.05, 0) is 18.2 Å². The molecule has 1 aliphatic rings. The summed E-state index contributed by atoms with van der Waals surface area (Å²) in [6, 6.07) is 5.97. The van der Waals surface area contributed by atoms with E-state index in [0.717, 1.165) is 0 Å². The van der Waals surface area contributed by atoms with E-state index >= 15 is 0 Å². The van der Waals surface area contributed by atoms with Crippen molar-refractivity contribution in [1.82, 2.24) is 9.21 Å². The SMILES string of the molecule is CC(C)(C)C(=O)N1CCN(S(=O)(=O)c2ccc(C#N)c(Cl)c2)CC1. The zero-order valence-corrected chi connectivity index (χ0v) is 15.5. The van der Waals surface area contributed by atoms with Gasteiger partial charge in [0.2, 0.25) is 15.9 Å². The topological polar surface area (TPSA) is 81.5 Å². The molecule has 8 heteroatoms. The Morgan fingerprint density at radius 1 is 1.21 bits per heavy atom. The highest BCUT2D eigenvalue weighted by molar-refractivity contribution is 7.89. The number of hydrogen-bond donors (Lipinski definition) is 0. The first-order valence-corrected chi connectivity index (χ1v) is 9.38. The Labute approximate surface area is 147 Å². The lowest BCUT2D eigenvalue weighted by molar-refractivity contribution is -0.140. The molecule has 0 unspecified atom stereocenters. The lowest BCUT2D eigenvalue weighted by atomic mass is 9.94. The van der Waals surface area contributed by atoms with Crippen LogP contribution in [0.5, 0.6) is 0 Å². The van der Waals surface area contributed by atoms with Gasteiger partial charge in [-0.2, -0.15) is 9.57 Å². The van der Waals surface area contributed by atoms with Crippen LogP contribution in [0.1, 0.15) is 26.3 Å². The highest BCUT2D eigenvalue weighted by Crippen LogP contribution is 2.25. The first kappa shape index (κ1) is 18.7. The molecule has 1 aromatic rings. The molecule has 1 saturated heterocycles. The number of carbonyl (C=O) groups excluding carboxylic acids is 1. The van der Waals surface area contributed by atoms with E-state index in [9.17, 15) is 13.2 Å². The van der Waals surface area contributed by atoms with Gasteiger partial charge in [0.25, 0.3) is 0 Å². The maximum absolute atomic E-state index is 12.7. The Kier molecular flexibility index (Phi) is 5.23. The molecule has 1 aliphatic heterocycles. The Bertz CT molecular complexity index is 786. The Morgan fingerprint density at radius 3 is 2.25 bits per heavy atom. The van der Waals surface area contributed by atoms with Crippen LogP contribution < -0.4 is 0 Å². The van der Waals surface area contributed by atoms with E-state index in [-0.39, 0.29) is 34.5 Å². The van der Waals surface area contributed by atoms with Crippen molar-refractivity contribution in [3.8, 4) is 6.07 Å². The average molecular weight is 370 g/mol. The van der Waals surface area contributed by atoms with Crippen LogP contribution in [-0.4, -0.2) is 49.7 Å². The van der Waals surface area contributed by atoms with E-state index in [1.165, 1.54) is 22.5 Å². The number of halogens is 1. The molecule has 1 amide bonds. The average Bonchev–Trinajstić information content (AvgIpc) is 2.53. The fourth-order valence-corrected chi connectivity index (χ4v) is 4.24. The van der Waals surface area contributed by atoms with E-state index in [1.54, 1.807) is 4.90 Å². The first-order chi connectivity index (χ1) is 11.1. The van der Waals surface area contributed by atoms with Crippen molar-refractivity contribution in [2.75, 3.05) is 26.2 Å². The second-order valence-electron chi connectivity index (χ2n) is 6.70. The van der Waals surface area contributed by atoms with Crippen LogP contribution in [0, 0.1) is 16.7 Å². The summed E-state index contributed by atoms with van der Waals surface area (Å²) in [7, 11) is -3.69. The Morgan fingerprint density at radius 2 is 1.79 bits per heavy atom. The first-order valence-electron chi connectivity index (χ1n) is 7.56. The molecular formula is C16H20ClN3O3S. The maximum atomic E-state index is 12.7. The van der Waals surface area contributed by atoms with Gasteiger partial charge < -0.3 is 4.90 Å². The summed E-state index contributed by atoms with van der Waals surface area (Å²) in [6.07, 6.45) is 0. The van der Waals surface area contributed by atoms with Crippen LogP contribution in [0.15, 0.2) is 23.1 Å². The van der Waals surface area contributed by atoms with Gasteiger partial charge in [0.15, 0.2) is 0 Å². The molecule has 1 fully saturated rings. The van der Waals surface area contributed by atoms with Crippen molar-refractivity contribution in [1.29, 1.82) is 5.26 Å². The zero-order chi connectivity index (χ0) is 18.1. The minimum atomic E-state index is -3.69. The highest BCUT2D eigenvalue weighted by atomic mass is 35.5. The van der Waals surface area contributed by atoms with Crippen molar-refractivity contribution < 1.29 is 13.2 Å². The molecule has 1 heterocycles. The second kappa shape index (κ2) is 6.71. The van der Waals surface area contributed by atoms with Crippen LogP contribution in [0.3, 0.4) is 0 Å². The smallest absolute Gasteiger partial charge is 0.243 e. The van der Waals surface area contributed by atoms with Gasteiger partial charge in [-0.3, -0.25) is 4.79 Å². The molecule has 24 heavy (non-hydrogen) atoms. The molecule has 0 aromatic heterocycles. The fourth-order valence-electron chi connectivity index (χ4n) is 2.50. The molecular weight excluding hydrogens is 350 g/mol. The summed E-state index contributed by atoms with van der Waals surface area (Å²) in [5.74, 6) is 0.0148. The van der Waals surface area contributed by atoms with Crippen LogP contribution in [0.25, 0.3) is 0 Å². The van der Waals surface area contributed by atoms with Gasteiger partial charge in [0.1, 0.15) is 6.07 Å². The molecule has 1 aromatic carbocycles. The summed E-state index contributed by atoms with van der Waals surface area (Å²) in [4.78, 5) is 14.0. The summed E-state index contributed by atoms with van der Waals surface area (Å²) < 4.78 is 26.7. The van der Waals surface area contributed by atoms with Crippen LogP contribution in [-0.2, 0) is 14.8 Å². The summed E-state index contributed by atoms with van der Waals surface area (Å²) in [5, 5.41) is 8.99. The minimum Gasteiger partial charge on any atom is -0.340 e. The fraction of sp³-hybridized carbons (Fsp3) is 0.500. The minimum absolute atomic E-state index is 0.0148. The lowest BCUT2D eigenvalue weighted by Gasteiger charge is -2.37. The van der Waals surface area contributed by atoms with Gasteiger partial charge >= 0.3 is 0 Å². The van der Waals surface area contributed by atoms with Gasteiger partial charge in [-0.1, -0.05) is 32.4 Å². The molecule has 0 radical (unpaired) electrons. The van der Waals surface area contributed by atoms with Crippen molar-refractivity contribution in [2.45, 2.75) is 25.7 Å². The Hall–Kier alpha value is -1.62. The number of nitriles is 1. The van der Waals surface area contributed by atoms with E-state index in [0.29, 0.717) is 13.1 Å². The third-order valence-corrected chi connectivity index (χ3v) is 6.07. The molecule has 0 saturated carbocycles. The lowest BCUT2D eigenvalue weighted by Crippen LogP contribution is -2.52. The third kappa shape index (κ3) is 3.72. The number of amides is 1.